The van der Waals surface area contributed by atoms with Crippen LogP contribution in [0.3, 0.4) is 0 Å². The number of anilines is 2. The third-order valence-electron chi connectivity index (χ3n) is 5.68. The number of hydrogen-bond acceptors (Lipinski definition) is 8. The van der Waals surface area contributed by atoms with E-state index in [1.165, 1.54) is 6.33 Å². The molecule has 0 spiro atoms. The monoisotopic (exact) mass is 442 g/mol. The Balaban J connectivity index is 1.44. The highest BCUT2D eigenvalue weighted by Gasteiger charge is 2.31. The van der Waals surface area contributed by atoms with Crippen molar-refractivity contribution in [1.29, 1.82) is 0 Å². The van der Waals surface area contributed by atoms with Gasteiger partial charge in [-0.05, 0) is 31.2 Å². The van der Waals surface area contributed by atoms with Gasteiger partial charge in [-0.25, -0.2) is 9.97 Å². The van der Waals surface area contributed by atoms with Crippen LogP contribution in [0, 0.1) is 17.0 Å². The van der Waals surface area contributed by atoms with Crippen molar-refractivity contribution in [2.75, 3.05) is 36.0 Å². The lowest BCUT2D eigenvalue weighted by Crippen LogP contribution is -2.47. The first-order valence-corrected chi connectivity index (χ1v) is 10.7. The van der Waals surface area contributed by atoms with Gasteiger partial charge in [0.2, 0.25) is 5.82 Å². The molecule has 1 aliphatic rings. The van der Waals surface area contributed by atoms with E-state index in [-0.39, 0.29) is 17.4 Å². The zero-order valence-corrected chi connectivity index (χ0v) is 18.1. The van der Waals surface area contributed by atoms with E-state index in [1.807, 2.05) is 54.3 Å². The summed E-state index contributed by atoms with van der Waals surface area (Å²) in [6, 6.07) is 19.4. The average molecular weight is 442 g/mol. The molecule has 0 saturated carbocycles. The Morgan fingerprint density at radius 2 is 1.67 bits per heavy atom. The topological polar surface area (TPSA) is 97.5 Å². The van der Waals surface area contributed by atoms with E-state index in [9.17, 15) is 10.1 Å². The largest absolute Gasteiger partial charge is 0.431 e. The summed E-state index contributed by atoms with van der Waals surface area (Å²) >= 11 is 0. The van der Waals surface area contributed by atoms with E-state index >= 15 is 0 Å². The van der Waals surface area contributed by atoms with Gasteiger partial charge in [0.25, 0.3) is 0 Å². The molecule has 4 aromatic rings. The molecular formula is C24H22N6O3. The van der Waals surface area contributed by atoms with E-state index in [0.717, 1.165) is 29.9 Å². The van der Waals surface area contributed by atoms with Crippen molar-refractivity contribution in [3.05, 3.63) is 82.8 Å². The van der Waals surface area contributed by atoms with Crippen molar-refractivity contribution in [1.82, 2.24) is 15.0 Å². The lowest BCUT2D eigenvalue weighted by molar-refractivity contribution is -0.385. The van der Waals surface area contributed by atoms with E-state index in [2.05, 4.69) is 32.0 Å². The second kappa shape index (κ2) is 8.70. The van der Waals surface area contributed by atoms with Crippen molar-refractivity contribution in [3.63, 3.8) is 0 Å². The van der Waals surface area contributed by atoms with E-state index in [1.54, 1.807) is 6.07 Å². The summed E-state index contributed by atoms with van der Waals surface area (Å²) in [6.45, 7) is 4.54. The minimum atomic E-state index is -0.474. The maximum atomic E-state index is 12.1. The number of rotatable bonds is 5. The molecule has 3 heterocycles. The zero-order valence-electron chi connectivity index (χ0n) is 18.1. The number of nitro groups is 1. The fourth-order valence-corrected chi connectivity index (χ4v) is 4.04. The van der Waals surface area contributed by atoms with Gasteiger partial charge in [0.15, 0.2) is 5.75 Å². The van der Waals surface area contributed by atoms with Gasteiger partial charge < -0.3 is 14.5 Å². The van der Waals surface area contributed by atoms with E-state index in [4.69, 9.17) is 4.74 Å². The summed E-state index contributed by atoms with van der Waals surface area (Å²) < 4.78 is 5.97. The van der Waals surface area contributed by atoms with Gasteiger partial charge in [0.1, 0.15) is 11.8 Å². The van der Waals surface area contributed by atoms with Crippen molar-refractivity contribution in [2.45, 2.75) is 6.92 Å². The van der Waals surface area contributed by atoms with Gasteiger partial charge in [0, 0.05) is 42.9 Å². The minimum absolute atomic E-state index is 0.0914. The summed E-state index contributed by atoms with van der Waals surface area (Å²) in [5.41, 5.74) is 2.35. The summed E-state index contributed by atoms with van der Waals surface area (Å²) in [4.78, 5) is 28.7. The minimum Gasteiger partial charge on any atom is -0.431 e. The van der Waals surface area contributed by atoms with Gasteiger partial charge >= 0.3 is 11.6 Å². The first kappa shape index (κ1) is 20.6. The van der Waals surface area contributed by atoms with Gasteiger partial charge in [-0.15, -0.1) is 0 Å². The Hall–Kier alpha value is -4.27. The van der Waals surface area contributed by atoms with Crippen molar-refractivity contribution < 1.29 is 9.66 Å². The van der Waals surface area contributed by atoms with Crippen LogP contribution in [0.5, 0.6) is 11.6 Å². The van der Waals surface area contributed by atoms with Crippen LogP contribution in [0.25, 0.3) is 10.9 Å². The van der Waals surface area contributed by atoms with Crippen LogP contribution in [0.1, 0.15) is 5.69 Å². The number of hydrogen-bond donors (Lipinski definition) is 0. The third-order valence-corrected chi connectivity index (χ3v) is 5.68. The predicted molar refractivity (Wildman–Crippen MR) is 126 cm³/mol. The lowest BCUT2D eigenvalue weighted by Gasteiger charge is -2.36. The van der Waals surface area contributed by atoms with Crippen molar-refractivity contribution in [3.8, 4) is 11.6 Å². The van der Waals surface area contributed by atoms with Crippen molar-refractivity contribution >= 4 is 28.1 Å². The second-order valence-corrected chi connectivity index (χ2v) is 7.80. The number of aromatic nitrogens is 3. The highest BCUT2D eigenvalue weighted by atomic mass is 16.6. The van der Waals surface area contributed by atoms with Crippen LogP contribution in [0.15, 0.2) is 67.0 Å². The molecule has 33 heavy (non-hydrogen) atoms. The van der Waals surface area contributed by atoms with E-state index < -0.39 is 4.92 Å². The molecule has 0 atom stereocenters. The number of para-hydroxylation sites is 2. The number of pyridine rings is 1. The molecule has 166 valence electrons. The van der Waals surface area contributed by atoms with Crippen LogP contribution >= 0.6 is 0 Å². The molecule has 0 bridgehead atoms. The highest BCUT2D eigenvalue weighted by Crippen LogP contribution is 2.38. The molecule has 2 aromatic carbocycles. The molecule has 0 amide bonds. The number of ether oxygens (including phenoxy) is 1. The van der Waals surface area contributed by atoms with Gasteiger partial charge in [-0.1, -0.05) is 36.4 Å². The fraction of sp³-hybridized carbons (Fsp3) is 0.208. The Kier molecular flexibility index (Phi) is 5.43. The maximum absolute atomic E-state index is 12.1. The SMILES string of the molecule is Cc1ccc2cccc(Oc3ncnc(N4CCN(c5ccccc5)CC4)c3[N+](=O)[O-])c2n1. The molecule has 1 fully saturated rings. The standard InChI is InChI=1S/C24H22N6O3/c1-17-10-11-18-6-5-9-20(21(18)27-17)33-24-22(30(31)32)23(25-16-26-24)29-14-12-28(13-15-29)19-7-3-2-4-8-19/h2-11,16H,12-15H2,1H3. The Bertz CT molecular complexity index is 1310. The number of benzene rings is 2. The highest BCUT2D eigenvalue weighted by molar-refractivity contribution is 5.85. The van der Waals surface area contributed by atoms with Crippen LogP contribution in [0.4, 0.5) is 17.2 Å². The van der Waals surface area contributed by atoms with Crippen LogP contribution in [-0.4, -0.2) is 46.1 Å². The molecule has 0 aliphatic carbocycles. The molecule has 5 rings (SSSR count). The Labute approximate surface area is 190 Å². The smallest absolute Gasteiger partial charge is 0.373 e. The molecule has 9 nitrogen and oxygen atoms in total. The number of nitrogens with zero attached hydrogens (tertiary/aromatic N) is 6. The van der Waals surface area contributed by atoms with Crippen molar-refractivity contribution in [2.24, 2.45) is 0 Å². The number of fused-ring (bicyclic) bond motifs is 1. The number of piperazine rings is 1. The van der Waals surface area contributed by atoms with Crippen LogP contribution in [0.2, 0.25) is 0 Å². The van der Waals surface area contributed by atoms with Crippen LogP contribution < -0.4 is 14.5 Å². The summed E-state index contributed by atoms with van der Waals surface area (Å²) in [5, 5.41) is 13.0. The van der Waals surface area contributed by atoms with Gasteiger partial charge in [-0.3, -0.25) is 10.1 Å². The third kappa shape index (κ3) is 4.12. The van der Waals surface area contributed by atoms with Gasteiger partial charge in [0.05, 0.1) is 4.92 Å². The first-order valence-electron chi connectivity index (χ1n) is 10.7. The molecule has 1 aliphatic heterocycles. The summed E-state index contributed by atoms with van der Waals surface area (Å²) in [7, 11) is 0. The molecule has 0 unspecified atom stereocenters. The predicted octanol–water partition coefficient (Wildman–Crippen LogP) is 4.36. The average Bonchev–Trinajstić information content (AvgIpc) is 2.85. The van der Waals surface area contributed by atoms with Crippen LogP contribution in [-0.2, 0) is 0 Å². The van der Waals surface area contributed by atoms with Gasteiger partial charge in [-0.2, -0.15) is 4.98 Å². The second-order valence-electron chi connectivity index (χ2n) is 7.80. The first-order chi connectivity index (χ1) is 16.1. The molecule has 0 N–H and O–H groups in total. The molecule has 1 saturated heterocycles. The zero-order chi connectivity index (χ0) is 22.8. The molecule has 2 aromatic heterocycles. The normalized spacial score (nSPS) is 13.8. The summed E-state index contributed by atoms with van der Waals surface area (Å²) in [5.74, 6) is 0.589. The maximum Gasteiger partial charge on any atom is 0.373 e. The number of aryl methyl sites for hydroxylation is 1. The Morgan fingerprint density at radius 1 is 0.909 bits per heavy atom. The summed E-state index contributed by atoms with van der Waals surface area (Å²) in [6.07, 6.45) is 1.31. The molecule has 9 heteroatoms. The Morgan fingerprint density at radius 3 is 2.42 bits per heavy atom. The lowest BCUT2D eigenvalue weighted by atomic mass is 10.2. The van der Waals surface area contributed by atoms with E-state index in [0.29, 0.717) is 24.4 Å². The molecule has 0 radical (unpaired) electrons. The fourth-order valence-electron chi connectivity index (χ4n) is 4.04. The quantitative estimate of drug-likeness (QED) is 0.332. The molecular weight excluding hydrogens is 420 g/mol.